The molecule has 1 aromatic carbocycles. The number of amides is 2. The Balaban J connectivity index is 2.67. The highest BCUT2D eigenvalue weighted by atomic mass is 32.1. The summed E-state index contributed by atoms with van der Waals surface area (Å²) in [6.45, 7) is 3.67. The topological polar surface area (TPSA) is 89.3 Å². The van der Waals surface area contributed by atoms with Gasteiger partial charge in [-0.15, -0.1) is 0 Å². The van der Waals surface area contributed by atoms with Gasteiger partial charge in [0.05, 0.1) is 28.5 Å². The van der Waals surface area contributed by atoms with E-state index in [0.717, 1.165) is 17.2 Å². The second-order valence-corrected chi connectivity index (χ2v) is 8.52. The minimum atomic E-state index is -4.85. The lowest BCUT2D eigenvalue weighted by molar-refractivity contribution is -0.138. The fourth-order valence-electron chi connectivity index (χ4n) is 4.26. The number of benzene rings is 1. The first-order valence-electron chi connectivity index (χ1n) is 11.4. The third-order valence-corrected chi connectivity index (χ3v) is 6.18. The number of pyridine rings is 1. The van der Waals surface area contributed by atoms with Crippen molar-refractivity contribution in [3.05, 3.63) is 53.1 Å². The van der Waals surface area contributed by atoms with E-state index in [1.807, 2.05) is 13.8 Å². The fraction of sp³-hybridized carbons (Fsp3) is 0.400. The van der Waals surface area contributed by atoms with Gasteiger partial charge < -0.3 is 15.1 Å². The van der Waals surface area contributed by atoms with Crippen LogP contribution in [0, 0.1) is 17.1 Å². The van der Waals surface area contributed by atoms with Crippen LogP contribution in [0.25, 0.3) is 0 Å². The predicted octanol–water partition coefficient (Wildman–Crippen LogP) is 5.24. The van der Waals surface area contributed by atoms with Crippen molar-refractivity contribution in [2.45, 2.75) is 51.2 Å². The third kappa shape index (κ3) is 6.05. The van der Waals surface area contributed by atoms with E-state index in [4.69, 9.17) is 17.5 Å². The first-order chi connectivity index (χ1) is 17.4. The number of rotatable bonds is 10. The van der Waals surface area contributed by atoms with Gasteiger partial charge >= 0.3 is 6.18 Å². The zero-order valence-electron chi connectivity index (χ0n) is 20.8. The van der Waals surface area contributed by atoms with E-state index in [1.54, 1.807) is 0 Å². The molecule has 7 nitrogen and oxygen atoms in total. The molecule has 37 heavy (non-hydrogen) atoms. The zero-order valence-corrected chi connectivity index (χ0v) is 21.6. The van der Waals surface area contributed by atoms with Gasteiger partial charge in [-0.25, -0.2) is 9.37 Å². The molecule has 0 aliphatic rings. The van der Waals surface area contributed by atoms with E-state index in [0.29, 0.717) is 18.9 Å². The van der Waals surface area contributed by atoms with E-state index < -0.39 is 40.6 Å². The van der Waals surface area contributed by atoms with Gasteiger partial charge in [-0.1, -0.05) is 38.9 Å². The lowest BCUT2D eigenvalue weighted by atomic mass is 9.84. The van der Waals surface area contributed by atoms with Crippen LogP contribution in [-0.4, -0.2) is 41.9 Å². The largest absolute Gasteiger partial charge is 0.419 e. The molecule has 0 atom stereocenters. The number of anilines is 2. The molecule has 2 amide bonds. The second kappa shape index (κ2) is 12.1. The molecule has 0 fully saturated rings. The number of nitriles is 1. The van der Waals surface area contributed by atoms with Crippen molar-refractivity contribution in [1.82, 2.24) is 10.3 Å². The third-order valence-electron chi connectivity index (χ3n) is 5.97. The standard InChI is InChI=1S/C25H27F4N5O2S/c1-5-9-24(10-6-2,34(15-37)16-7-8-18(20(26)12-16)22(35)31-3)23(36)33(4)17-11-19(25(27,28)29)21(13-30)32-14-17/h7-8,11-12,14-15H,5-6,9-10H2,1-4H3,(H,31,35). The number of likely N-dealkylation sites (N-methyl/N-ethyl adjacent to an activating group) is 1. The SMILES string of the molecule is CCCC(CCC)(C(=O)N(C)c1cnc(C#N)c(C(F)(F)F)c1)N(C=S)c1ccc(C(=O)NC)c(F)c1. The van der Waals surface area contributed by atoms with Gasteiger partial charge in [0, 0.05) is 19.8 Å². The highest BCUT2D eigenvalue weighted by molar-refractivity contribution is 7.79. The summed E-state index contributed by atoms with van der Waals surface area (Å²) in [5.41, 5.74) is -2.41. The molecule has 0 aliphatic heterocycles. The number of thiocarbonyl (C=S) groups is 1. The average Bonchev–Trinajstić information content (AvgIpc) is 2.87. The number of hydrogen-bond donors (Lipinski definition) is 1. The number of carbonyl (C=O) groups is 2. The zero-order chi connectivity index (χ0) is 28.0. The van der Waals surface area contributed by atoms with Crippen molar-refractivity contribution in [2.75, 3.05) is 23.9 Å². The molecule has 2 aromatic rings. The maximum absolute atomic E-state index is 14.8. The molecule has 1 heterocycles. The summed E-state index contributed by atoms with van der Waals surface area (Å²) in [5.74, 6) is -2.05. The smallest absolute Gasteiger partial charge is 0.355 e. The van der Waals surface area contributed by atoms with Gasteiger partial charge in [0.15, 0.2) is 5.69 Å². The van der Waals surface area contributed by atoms with E-state index in [2.05, 4.69) is 10.3 Å². The van der Waals surface area contributed by atoms with E-state index in [1.165, 1.54) is 42.7 Å². The molecule has 0 saturated heterocycles. The molecule has 0 spiro atoms. The van der Waals surface area contributed by atoms with Crippen LogP contribution in [0.2, 0.25) is 0 Å². The number of halogens is 4. The molecule has 0 radical (unpaired) electrons. The van der Waals surface area contributed by atoms with Gasteiger partial charge in [0.2, 0.25) is 0 Å². The number of hydrogen-bond acceptors (Lipinski definition) is 5. The van der Waals surface area contributed by atoms with E-state index in [9.17, 15) is 27.2 Å². The van der Waals surface area contributed by atoms with Crippen molar-refractivity contribution in [3.8, 4) is 6.07 Å². The van der Waals surface area contributed by atoms with Crippen molar-refractivity contribution < 1.29 is 27.2 Å². The molecule has 0 saturated carbocycles. The maximum Gasteiger partial charge on any atom is 0.419 e. The molecule has 0 bridgehead atoms. The molecule has 1 aromatic heterocycles. The molecule has 12 heteroatoms. The Morgan fingerprint density at radius 1 is 1.16 bits per heavy atom. The van der Waals surface area contributed by atoms with Crippen molar-refractivity contribution in [3.63, 3.8) is 0 Å². The summed E-state index contributed by atoms with van der Waals surface area (Å²) in [6, 6.07) is 5.93. The Morgan fingerprint density at radius 2 is 1.78 bits per heavy atom. The molecular formula is C25H27F4N5O2S. The first-order valence-corrected chi connectivity index (χ1v) is 11.9. The minimum absolute atomic E-state index is 0.168. The van der Waals surface area contributed by atoms with Gasteiger partial charge in [-0.3, -0.25) is 9.59 Å². The summed E-state index contributed by atoms with van der Waals surface area (Å²) in [6.07, 6.45) is -2.35. The van der Waals surface area contributed by atoms with Crippen molar-refractivity contribution in [1.29, 1.82) is 5.26 Å². The minimum Gasteiger partial charge on any atom is -0.355 e. The molecule has 0 aliphatic carbocycles. The Labute approximate surface area is 218 Å². The van der Waals surface area contributed by atoms with Crippen LogP contribution in [0.15, 0.2) is 30.5 Å². The van der Waals surface area contributed by atoms with Crippen molar-refractivity contribution >= 4 is 40.9 Å². The Kier molecular flexibility index (Phi) is 9.69. The number of carbonyl (C=O) groups excluding carboxylic acids is 2. The predicted molar refractivity (Wildman–Crippen MR) is 136 cm³/mol. The number of nitrogens with zero attached hydrogens (tertiary/aromatic N) is 4. The Morgan fingerprint density at radius 3 is 2.24 bits per heavy atom. The molecule has 0 unspecified atom stereocenters. The van der Waals surface area contributed by atoms with Crippen LogP contribution in [0.1, 0.15) is 61.1 Å². The lowest BCUT2D eigenvalue weighted by Gasteiger charge is -2.44. The molecule has 198 valence electrons. The van der Waals surface area contributed by atoms with Crippen LogP contribution in [0.3, 0.4) is 0 Å². The summed E-state index contributed by atoms with van der Waals surface area (Å²) in [7, 11) is 2.67. The van der Waals surface area contributed by atoms with Gasteiger partial charge in [-0.05, 0) is 37.1 Å². The van der Waals surface area contributed by atoms with Gasteiger partial charge in [-0.2, -0.15) is 18.4 Å². The molecule has 2 rings (SSSR count). The number of nitrogens with one attached hydrogen (secondary N) is 1. The quantitative estimate of drug-likeness (QED) is 0.330. The Bertz CT molecular complexity index is 1210. The highest BCUT2D eigenvalue weighted by Gasteiger charge is 2.45. The normalized spacial score (nSPS) is 11.4. The van der Waals surface area contributed by atoms with Crippen LogP contribution in [0.4, 0.5) is 28.9 Å². The molecule has 1 N–H and O–H groups in total. The Hall–Kier alpha value is -3.59. The lowest BCUT2D eigenvalue weighted by Crippen LogP contribution is -2.59. The number of alkyl halides is 3. The van der Waals surface area contributed by atoms with E-state index >= 15 is 0 Å². The van der Waals surface area contributed by atoms with Crippen LogP contribution < -0.4 is 15.1 Å². The van der Waals surface area contributed by atoms with Crippen LogP contribution in [0.5, 0.6) is 0 Å². The highest BCUT2D eigenvalue weighted by Crippen LogP contribution is 2.37. The summed E-state index contributed by atoms with van der Waals surface area (Å²) in [4.78, 5) is 32.0. The van der Waals surface area contributed by atoms with E-state index in [-0.39, 0.29) is 29.8 Å². The first kappa shape index (κ1) is 29.6. The molecular weight excluding hydrogens is 510 g/mol. The van der Waals surface area contributed by atoms with Crippen molar-refractivity contribution in [2.24, 2.45) is 0 Å². The van der Waals surface area contributed by atoms with Gasteiger partial charge in [0.25, 0.3) is 11.8 Å². The summed E-state index contributed by atoms with van der Waals surface area (Å²) in [5, 5.41) is 11.4. The summed E-state index contributed by atoms with van der Waals surface area (Å²) >= 11 is 5.24. The summed E-state index contributed by atoms with van der Waals surface area (Å²) < 4.78 is 55.4. The maximum atomic E-state index is 14.8. The second-order valence-electron chi connectivity index (χ2n) is 8.31. The fourth-order valence-corrected chi connectivity index (χ4v) is 4.59. The van der Waals surface area contributed by atoms with Crippen LogP contribution >= 0.6 is 12.2 Å². The monoisotopic (exact) mass is 537 g/mol. The number of aromatic nitrogens is 1. The van der Waals surface area contributed by atoms with Gasteiger partial charge in [0.1, 0.15) is 17.4 Å². The average molecular weight is 538 g/mol. The van der Waals surface area contributed by atoms with Crippen LogP contribution in [-0.2, 0) is 11.0 Å².